The van der Waals surface area contributed by atoms with Crippen molar-refractivity contribution >= 4 is 27.0 Å². The molecule has 0 aliphatic rings. The molecule has 3 rings (SSSR count). The van der Waals surface area contributed by atoms with Gasteiger partial charge in [-0.25, -0.2) is 13.4 Å². The Morgan fingerprint density at radius 2 is 1.58 bits per heavy atom. The van der Waals surface area contributed by atoms with Crippen LogP contribution in [0.15, 0.2) is 83.9 Å². The zero-order valence-electron chi connectivity index (χ0n) is 19.0. The summed E-state index contributed by atoms with van der Waals surface area (Å²) in [6, 6.07) is 16.8. The molecule has 2 aromatic carbocycles. The van der Waals surface area contributed by atoms with E-state index in [9.17, 15) is 8.42 Å². The van der Waals surface area contributed by atoms with E-state index < -0.39 is 9.84 Å². The fourth-order valence-electron chi connectivity index (χ4n) is 2.77. The summed E-state index contributed by atoms with van der Waals surface area (Å²) >= 11 is 4.64. The van der Waals surface area contributed by atoms with Gasteiger partial charge in [0.2, 0.25) is 0 Å². The molecule has 4 nitrogen and oxygen atoms in total. The highest BCUT2D eigenvalue weighted by atomic mass is 35.5. The molecule has 0 fully saturated rings. The van der Waals surface area contributed by atoms with Crippen molar-refractivity contribution in [3.63, 3.8) is 0 Å². The molecule has 166 valence electrons. The molecule has 0 saturated heterocycles. The number of allylic oxidation sites excluding steroid dienone is 4. The lowest BCUT2D eigenvalue weighted by Gasteiger charge is -2.08. The molecule has 0 amide bonds. The summed E-state index contributed by atoms with van der Waals surface area (Å²) in [6.07, 6.45) is 10.6. The summed E-state index contributed by atoms with van der Waals surface area (Å²) in [5.74, 6) is 0.819. The molecule has 6 heteroatoms. The van der Waals surface area contributed by atoms with Gasteiger partial charge in [0.15, 0.2) is 9.84 Å². The van der Waals surface area contributed by atoms with Gasteiger partial charge in [-0.15, -0.1) is 11.6 Å². The number of hydrogen-bond donors (Lipinski definition) is 0. The van der Waals surface area contributed by atoms with Crippen LogP contribution in [0.5, 0.6) is 0 Å². The fraction of sp³-hybridized carbons (Fsp3) is 0.240. The van der Waals surface area contributed by atoms with E-state index in [1.54, 1.807) is 24.3 Å². The summed E-state index contributed by atoms with van der Waals surface area (Å²) < 4.78 is 25.4. The van der Waals surface area contributed by atoms with Crippen LogP contribution in [0.25, 0.3) is 22.5 Å². The average molecular weight is 459 g/mol. The minimum absolute atomic E-state index is 0.303. The highest BCUT2D eigenvalue weighted by Gasteiger charge is 2.13. The Morgan fingerprint density at radius 3 is 2.10 bits per heavy atom. The summed E-state index contributed by atoms with van der Waals surface area (Å²) in [4.78, 5) is 5.13. The number of imidazole rings is 1. The summed E-state index contributed by atoms with van der Waals surface area (Å²) in [7, 11) is -3.22. The van der Waals surface area contributed by atoms with Crippen molar-refractivity contribution in [1.29, 1.82) is 0 Å². The van der Waals surface area contributed by atoms with Crippen molar-refractivity contribution in [3.05, 3.63) is 84.8 Å². The maximum absolute atomic E-state index is 11.7. The number of halogens is 1. The Morgan fingerprint density at radius 1 is 1.00 bits per heavy atom. The molecule has 0 radical (unpaired) electrons. The molecule has 3 aromatic rings. The van der Waals surface area contributed by atoms with Gasteiger partial charge in [-0.2, -0.15) is 0 Å². The van der Waals surface area contributed by atoms with E-state index in [2.05, 4.69) is 11.6 Å². The van der Waals surface area contributed by atoms with Crippen LogP contribution in [0.2, 0.25) is 0 Å². The van der Waals surface area contributed by atoms with Gasteiger partial charge in [0, 0.05) is 30.1 Å². The first-order chi connectivity index (χ1) is 14.9. The normalized spacial score (nSPS) is 11.4. The molecule has 1 aromatic heterocycles. The monoisotopic (exact) mass is 458 g/mol. The van der Waals surface area contributed by atoms with Gasteiger partial charge in [-0.1, -0.05) is 62.4 Å². The van der Waals surface area contributed by atoms with E-state index >= 15 is 0 Å². The van der Waals surface area contributed by atoms with Crippen LogP contribution >= 0.6 is 11.6 Å². The standard InChI is InChI=1S/C22H22N2O2S.C2H6.CH3Cl/c1-4-5-9-17(2)22-23-21(18-10-7-6-8-11-18)16-24(22)19-12-14-20(15-13-19)27(3,25)26;2*1-2/h4-16H,1-3H3;1-2H3;1H3/b5-4-,17-9+;;. The number of nitrogens with zero attached hydrogens (tertiary/aromatic N) is 2. The lowest BCUT2D eigenvalue weighted by Crippen LogP contribution is -2.01. The first-order valence-electron chi connectivity index (χ1n) is 10.0. The van der Waals surface area contributed by atoms with E-state index in [-0.39, 0.29) is 0 Å². The lowest BCUT2D eigenvalue weighted by molar-refractivity contribution is 0.602. The predicted molar refractivity (Wildman–Crippen MR) is 134 cm³/mol. The molecule has 0 aliphatic carbocycles. The van der Waals surface area contributed by atoms with Crippen molar-refractivity contribution in [2.24, 2.45) is 0 Å². The minimum atomic E-state index is -3.22. The van der Waals surface area contributed by atoms with Crippen LogP contribution in [-0.2, 0) is 9.84 Å². The molecule has 0 unspecified atom stereocenters. The Kier molecular flexibility index (Phi) is 11.0. The highest BCUT2D eigenvalue weighted by molar-refractivity contribution is 7.90. The van der Waals surface area contributed by atoms with E-state index in [1.807, 2.05) is 87.0 Å². The van der Waals surface area contributed by atoms with Crippen LogP contribution in [0.1, 0.15) is 33.5 Å². The lowest BCUT2D eigenvalue weighted by atomic mass is 10.2. The van der Waals surface area contributed by atoms with Crippen LogP contribution in [-0.4, -0.2) is 30.6 Å². The second-order valence-electron chi connectivity index (χ2n) is 6.33. The summed E-state index contributed by atoms with van der Waals surface area (Å²) in [5.41, 5.74) is 3.78. The van der Waals surface area contributed by atoms with Crippen molar-refractivity contribution in [2.45, 2.75) is 32.6 Å². The third kappa shape index (κ3) is 7.23. The van der Waals surface area contributed by atoms with Gasteiger partial charge < -0.3 is 0 Å². The number of hydrogen-bond acceptors (Lipinski definition) is 3. The fourth-order valence-corrected chi connectivity index (χ4v) is 3.40. The number of sulfone groups is 1. The van der Waals surface area contributed by atoms with Gasteiger partial charge in [0.05, 0.1) is 10.6 Å². The van der Waals surface area contributed by atoms with Crippen molar-refractivity contribution < 1.29 is 8.42 Å². The van der Waals surface area contributed by atoms with E-state index in [0.717, 1.165) is 28.3 Å². The van der Waals surface area contributed by atoms with Gasteiger partial charge in [0.1, 0.15) is 5.82 Å². The highest BCUT2D eigenvalue weighted by Crippen LogP contribution is 2.26. The average Bonchev–Trinajstić information content (AvgIpc) is 3.26. The number of benzene rings is 2. The molecule has 0 saturated carbocycles. The SMILES string of the molecule is C/C=C\C=C(/C)c1nc(-c2ccccc2)cn1-c1ccc(S(C)(=O)=O)cc1.CC.CCl. The Labute approximate surface area is 191 Å². The van der Waals surface area contributed by atoms with Crippen LogP contribution in [0.3, 0.4) is 0 Å². The third-order valence-corrected chi connectivity index (χ3v) is 5.34. The van der Waals surface area contributed by atoms with Crippen LogP contribution < -0.4 is 0 Å². The quantitative estimate of drug-likeness (QED) is 0.312. The molecule has 0 bridgehead atoms. The maximum Gasteiger partial charge on any atom is 0.175 e. The molecule has 0 atom stereocenters. The number of rotatable bonds is 5. The number of alkyl halides is 1. The van der Waals surface area contributed by atoms with Gasteiger partial charge in [0.25, 0.3) is 0 Å². The smallest absolute Gasteiger partial charge is 0.175 e. The topological polar surface area (TPSA) is 52.0 Å². The van der Waals surface area contributed by atoms with Crippen molar-refractivity contribution in [1.82, 2.24) is 9.55 Å². The van der Waals surface area contributed by atoms with Crippen molar-refractivity contribution in [3.8, 4) is 16.9 Å². The zero-order valence-corrected chi connectivity index (χ0v) is 20.6. The second kappa shape index (κ2) is 12.9. The summed E-state index contributed by atoms with van der Waals surface area (Å²) in [5, 5.41) is 0. The molecular weight excluding hydrogens is 428 g/mol. The molecule has 0 spiro atoms. The third-order valence-electron chi connectivity index (χ3n) is 4.21. The largest absolute Gasteiger partial charge is 0.299 e. The van der Waals surface area contributed by atoms with Gasteiger partial charge in [-0.3, -0.25) is 4.57 Å². The molecule has 0 N–H and O–H groups in total. The first-order valence-corrected chi connectivity index (χ1v) is 12.7. The van der Waals surface area contributed by atoms with E-state index in [0.29, 0.717) is 4.90 Å². The van der Waals surface area contributed by atoms with Gasteiger partial charge >= 0.3 is 0 Å². The minimum Gasteiger partial charge on any atom is -0.299 e. The van der Waals surface area contributed by atoms with E-state index in [4.69, 9.17) is 4.98 Å². The zero-order chi connectivity index (χ0) is 23.4. The molecule has 1 heterocycles. The molecular formula is C25H31ClN2O2S. The molecule has 0 aliphatic heterocycles. The number of aromatic nitrogens is 2. The van der Waals surface area contributed by atoms with E-state index in [1.165, 1.54) is 12.6 Å². The second-order valence-corrected chi connectivity index (χ2v) is 8.34. The maximum atomic E-state index is 11.7. The Bertz CT molecular complexity index is 1100. The Balaban J connectivity index is 0.00000113. The Hall–Kier alpha value is -2.63. The molecule has 31 heavy (non-hydrogen) atoms. The van der Waals surface area contributed by atoms with Gasteiger partial charge in [-0.05, 0) is 43.7 Å². The van der Waals surface area contributed by atoms with Crippen molar-refractivity contribution in [2.75, 3.05) is 12.6 Å². The van der Waals surface area contributed by atoms with Crippen LogP contribution in [0.4, 0.5) is 0 Å². The first kappa shape index (κ1) is 26.4. The predicted octanol–water partition coefficient (Wildman–Crippen LogP) is 6.80. The summed E-state index contributed by atoms with van der Waals surface area (Å²) in [6.45, 7) is 7.98. The van der Waals surface area contributed by atoms with Crippen LogP contribution in [0, 0.1) is 0 Å².